The second-order valence-corrected chi connectivity index (χ2v) is 12.7. The monoisotopic (exact) mass is 650 g/mol. The first-order valence-electron chi connectivity index (χ1n) is 12.1. The summed E-state index contributed by atoms with van der Waals surface area (Å²) in [4.78, 5) is 11.7. The lowest BCUT2D eigenvalue weighted by Gasteiger charge is -2.26. The first kappa shape index (κ1) is 29.6. The highest BCUT2D eigenvalue weighted by Gasteiger charge is 2.44. The first-order chi connectivity index (χ1) is 18.1. The zero-order chi connectivity index (χ0) is 25.9. The zero-order valence-corrected chi connectivity index (χ0v) is 25.1. The molecule has 194 valence electrons. The van der Waals surface area contributed by atoms with Gasteiger partial charge in [0.25, 0.3) is 0 Å². The Morgan fingerprint density at radius 1 is 0.816 bits per heavy atom. The van der Waals surface area contributed by atoms with Gasteiger partial charge in [-0.3, -0.25) is 0 Å². The number of esters is 1. The van der Waals surface area contributed by atoms with Crippen molar-refractivity contribution in [3.05, 3.63) is 138 Å². The van der Waals surface area contributed by atoms with Gasteiger partial charge < -0.3 is 26.5 Å². The fraction of sp³-hybridized carbons (Fsp3) is 0.0938. The van der Waals surface area contributed by atoms with Crippen molar-refractivity contribution in [2.75, 3.05) is 12.8 Å². The summed E-state index contributed by atoms with van der Waals surface area (Å²) in [5.41, 5.74) is 0.912. The molecule has 3 nitrogen and oxygen atoms in total. The molecule has 4 rings (SSSR count). The van der Waals surface area contributed by atoms with Gasteiger partial charge in [-0.15, -0.1) is 0 Å². The van der Waals surface area contributed by atoms with Crippen LogP contribution in [0.2, 0.25) is 0 Å². The number of halogens is 2. The molecule has 0 radical (unpaired) electrons. The molecule has 0 fully saturated rings. The highest BCUT2D eigenvalue weighted by Crippen LogP contribution is 2.55. The van der Waals surface area contributed by atoms with Crippen molar-refractivity contribution in [2.24, 2.45) is 0 Å². The van der Waals surface area contributed by atoms with Crippen molar-refractivity contribution in [3.8, 4) is 5.75 Å². The number of ether oxygens (including phenoxy) is 2. The Kier molecular flexibility index (Phi) is 11.5. The molecule has 4 aromatic carbocycles. The second-order valence-electron chi connectivity index (χ2n) is 8.26. The van der Waals surface area contributed by atoms with Crippen molar-refractivity contribution in [2.45, 2.75) is 6.92 Å². The fourth-order valence-corrected chi connectivity index (χ4v) is 8.63. The number of carbonyl (C=O) groups is 1. The Morgan fingerprint density at radius 2 is 1.34 bits per heavy atom. The second kappa shape index (κ2) is 14.8. The molecule has 6 heteroatoms. The molecule has 0 aliphatic heterocycles. The first-order valence-corrected chi connectivity index (χ1v) is 14.9. The number of allylic oxidation sites excluding steroid dienone is 1. The molecular formula is C32H29Br2O3P. The Morgan fingerprint density at radius 3 is 1.84 bits per heavy atom. The average molecular weight is 652 g/mol. The maximum absolute atomic E-state index is 11.7. The van der Waals surface area contributed by atoms with Crippen LogP contribution in [0.5, 0.6) is 5.75 Å². The van der Waals surface area contributed by atoms with Crippen molar-refractivity contribution in [1.82, 2.24) is 0 Å². The average Bonchev–Trinajstić information content (AvgIpc) is 2.94. The fourth-order valence-electron chi connectivity index (χ4n) is 4.26. The van der Waals surface area contributed by atoms with Crippen molar-refractivity contribution < 1.29 is 31.2 Å². The van der Waals surface area contributed by atoms with Crippen LogP contribution in [0, 0.1) is 0 Å². The molecule has 0 aliphatic carbocycles. The van der Waals surface area contributed by atoms with E-state index < -0.39 is 13.2 Å². The minimum atomic E-state index is -1.97. The summed E-state index contributed by atoms with van der Waals surface area (Å²) < 4.78 is 11.7. The van der Waals surface area contributed by atoms with E-state index in [0.717, 1.165) is 16.2 Å². The maximum Gasteiger partial charge on any atom is 0.333 e. The van der Waals surface area contributed by atoms with Crippen LogP contribution >= 0.6 is 23.2 Å². The third kappa shape index (κ3) is 7.32. The van der Waals surface area contributed by atoms with E-state index in [1.54, 1.807) is 6.92 Å². The summed E-state index contributed by atoms with van der Waals surface area (Å²) in [7, 11) is -1.97. The van der Waals surface area contributed by atoms with Gasteiger partial charge in [0.2, 0.25) is 0 Å². The molecule has 0 N–H and O–H groups in total. The van der Waals surface area contributed by atoms with Gasteiger partial charge in [0.15, 0.2) is 0 Å². The normalized spacial score (nSPS) is 11.3. The molecule has 0 atom stereocenters. The van der Waals surface area contributed by atoms with Crippen LogP contribution in [0.3, 0.4) is 0 Å². The Bertz CT molecular complexity index is 1260. The molecule has 0 spiro atoms. The molecule has 0 saturated carbocycles. The smallest absolute Gasteiger partial charge is 0.333 e. The minimum Gasteiger partial charge on any atom is -1.00 e. The Hall–Kier alpha value is -2.98. The lowest BCUT2D eigenvalue weighted by Crippen LogP contribution is -3.00. The summed E-state index contributed by atoms with van der Waals surface area (Å²) in [6, 6.07) is 38.2. The zero-order valence-electron chi connectivity index (χ0n) is 21.0. The number of carbonyl (C=O) groups excluding carboxylic acids is 1. The lowest BCUT2D eigenvalue weighted by molar-refractivity contribution is -0.137. The number of hydrogen-bond donors (Lipinski definition) is 0. The van der Waals surface area contributed by atoms with E-state index in [4.69, 9.17) is 9.47 Å². The standard InChI is InChI=1S/C32H29BrO3P.BrH/c1-2-35-32(34)22-23-36-31-21-20-27(33)25-26(31)13-12-24-37(28-14-6-3-7-15-28,29-16-8-4-9-17-29)30-18-10-5-11-19-30;/h3-23,25H,2,24H2,1H3;1H/q+1;/p-1/b13-12+,23-22+;. The van der Waals surface area contributed by atoms with Crippen LogP contribution in [0.15, 0.2) is 132 Å². The van der Waals surface area contributed by atoms with Gasteiger partial charge in [0.05, 0.1) is 25.1 Å². The van der Waals surface area contributed by atoms with E-state index in [1.807, 2.05) is 18.2 Å². The molecule has 0 saturated heterocycles. The highest BCUT2D eigenvalue weighted by atomic mass is 79.9. The van der Waals surface area contributed by atoms with Gasteiger partial charge >= 0.3 is 5.97 Å². The Balaban J connectivity index is 0.00000400. The minimum absolute atomic E-state index is 0. The van der Waals surface area contributed by atoms with Crippen molar-refractivity contribution in [1.29, 1.82) is 0 Å². The Labute approximate surface area is 244 Å². The largest absolute Gasteiger partial charge is 1.00 e. The SMILES string of the molecule is CCOC(=O)/C=C/Oc1ccc(Br)cc1/C=C/C[P+](c1ccccc1)(c1ccccc1)c1ccccc1.[Br-]. The number of rotatable bonds is 10. The number of benzene rings is 4. The quantitative estimate of drug-likeness (QED) is 0.113. The predicted molar refractivity (Wildman–Crippen MR) is 160 cm³/mol. The van der Waals surface area contributed by atoms with E-state index in [2.05, 4.69) is 119 Å². The van der Waals surface area contributed by atoms with Crippen LogP contribution in [0.25, 0.3) is 6.08 Å². The van der Waals surface area contributed by atoms with Gasteiger partial charge in [0.1, 0.15) is 28.9 Å². The molecule has 0 amide bonds. The third-order valence-corrected chi connectivity index (χ3v) is 10.7. The van der Waals surface area contributed by atoms with E-state index in [1.165, 1.54) is 28.3 Å². The molecule has 4 aromatic rings. The van der Waals surface area contributed by atoms with Crippen molar-refractivity contribution >= 4 is 51.2 Å². The summed E-state index contributed by atoms with van der Waals surface area (Å²) in [5, 5.41) is 4.00. The van der Waals surface area contributed by atoms with E-state index in [0.29, 0.717) is 12.4 Å². The van der Waals surface area contributed by atoms with Crippen LogP contribution in [0.4, 0.5) is 0 Å². The van der Waals surface area contributed by atoms with Gasteiger partial charge in [-0.05, 0) is 67.6 Å². The van der Waals surface area contributed by atoms with Gasteiger partial charge in [-0.1, -0.05) is 76.6 Å². The lowest BCUT2D eigenvalue weighted by atomic mass is 10.2. The van der Waals surface area contributed by atoms with Crippen LogP contribution in [-0.2, 0) is 9.53 Å². The summed E-state index contributed by atoms with van der Waals surface area (Å²) in [5.74, 6) is 0.225. The summed E-state index contributed by atoms with van der Waals surface area (Å²) >= 11 is 3.58. The third-order valence-electron chi connectivity index (χ3n) is 5.93. The maximum atomic E-state index is 11.7. The van der Waals surface area contributed by atoms with E-state index in [-0.39, 0.29) is 17.0 Å². The summed E-state index contributed by atoms with van der Waals surface area (Å²) in [6.07, 6.45) is 7.84. The molecule has 0 unspecified atom stereocenters. The molecule has 0 heterocycles. The van der Waals surface area contributed by atoms with Crippen LogP contribution in [0.1, 0.15) is 12.5 Å². The van der Waals surface area contributed by atoms with E-state index in [9.17, 15) is 4.79 Å². The van der Waals surface area contributed by atoms with Gasteiger partial charge in [0, 0.05) is 10.0 Å². The van der Waals surface area contributed by atoms with Gasteiger partial charge in [-0.25, -0.2) is 4.79 Å². The van der Waals surface area contributed by atoms with Crippen LogP contribution in [-0.4, -0.2) is 18.7 Å². The van der Waals surface area contributed by atoms with Crippen molar-refractivity contribution in [3.63, 3.8) is 0 Å². The van der Waals surface area contributed by atoms with Gasteiger partial charge in [-0.2, -0.15) is 0 Å². The highest BCUT2D eigenvalue weighted by molar-refractivity contribution is 9.10. The molecular weight excluding hydrogens is 623 g/mol. The molecule has 0 aromatic heterocycles. The topological polar surface area (TPSA) is 35.5 Å². The van der Waals surface area contributed by atoms with E-state index >= 15 is 0 Å². The predicted octanol–water partition coefficient (Wildman–Crippen LogP) is 3.92. The molecule has 0 aliphatic rings. The molecule has 0 bridgehead atoms. The molecule has 38 heavy (non-hydrogen) atoms. The van der Waals surface area contributed by atoms with Crippen LogP contribution < -0.4 is 37.6 Å². The number of hydrogen-bond acceptors (Lipinski definition) is 3. The summed E-state index contributed by atoms with van der Waals surface area (Å²) in [6.45, 7) is 2.10.